The van der Waals surface area contributed by atoms with Gasteiger partial charge in [-0.15, -0.1) is 11.3 Å². The Hall–Kier alpha value is -2.97. The van der Waals surface area contributed by atoms with Crippen LogP contribution < -0.4 is 11.1 Å². The van der Waals surface area contributed by atoms with E-state index < -0.39 is 0 Å². The molecule has 4 aromatic rings. The standard InChI is InChI=1S/C21H19N5OS2/c1-12-3-8-16-17(9-12)29-20(25-16)14-4-6-15(7-5-14)24-19(27)11-28-21-23-13(2)10-18(22)26-21/h3-10H,11H2,1-2H3,(H,24,27)(H2,22,23,26). The van der Waals surface area contributed by atoms with E-state index in [1.165, 1.54) is 22.0 Å². The normalized spacial score (nSPS) is 11.0. The van der Waals surface area contributed by atoms with Gasteiger partial charge in [-0.25, -0.2) is 15.0 Å². The molecule has 0 fully saturated rings. The van der Waals surface area contributed by atoms with Gasteiger partial charge < -0.3 is 11.1 Å². The van der Waals surface area contributed by atoms with Gasteiger partial charge in [-0.1, -0.05) is 17.8 Å². The maximum absolute atomic E-state index is 12.2. The summed E-state index contributed by atoms with van der Waals surface area (Å²) in [5.74, 6) is 0.491. The third-order valence-electron chi connectivity index (χ3n) is 4.15. The van der Waals surface area contributed by atoms with Crippen LogP contribution in [0.25, 0.3) is 20.8 Å². The molecule has 0 aliphatic carbocycles. The molecule has 0 aliphatic rings. The maximum Gasteiger partial charge on any atom is 0.234 e. The van der Waals surface area contributed by atoms with E-state index in [0.29, 0.717) is 11.0 Å². The maximum atomic E-state index is 12.2. The number of nitrogens with one attached hydrogen (secondary N) is 1. The van der Waals surface area contributed by atoms with E-state index in [0.717, 1.165) is 27.5 Å². The Morgan fingerprint density at radius 2 is 1.86 bits per heavy atom. The molecule has 8 heteroatoms. The Morgan fingerprint density at radius 1 is 1.07 bits per heavy atom. The predicted molar refractivity (Wildman–Crippen MR) is 120 cm³/mol. The molecule has 0 saturated carbocycles. The summed E-state index contributed by atoms with van der Waals surface area (Å²) < 4.78 is 1.17. The molecule has 6 nitrogen and oxygen atoms in total. The summed E-state index contributed by atoms with van der Waals surface area (Å²) in [7, 11) is 0. The Morgan fingerprint density at radius 3 is 2.62 bits per heavy atom. The molecule has 0 unspecified atom stereocenters. The van der Waals surface area contributed by atoms with E-state index in [2.05, 4.69) is 34.3 Å². The molecule has 146 valence electrons. The second kappa shape index (κ2) is 8.18. The predicted octanol–water partition coefficient (Wildman–Crippen LogP) is 4.68. The van der Waals surface area contributed by atoms with Crippen molar-refractivity contribution in [3.05, 3.63) is 59.8 Å². The molecule has 29 heavy (non-hydrogen) atoms. The van der Waals surface area contributed by atoms with Crippen LogP contribution in [0, 0.1) is 13.8 Å². The van der Waals surface area contributed by atoms with Crippen LogP contribution in [0.15, 0.2) is 53.7 Å². The highest BCUT2D eigenvalue weighted by Gasteiger charge is 2.09. The van der Waals surface area contributed by atoms with Crippen LogP contribution in [-0.2, 0) is 4.79 Å². The fourth-order valence-corrected chi connectivity index (χ4v) is 4.59. The van der Waals surface area contributed by atoms with Crippen molar-refractivity contribution in [2.75, 3.05) is 16.8 Å². The van der Waals surface area contributed by atoms with Crippen molar-refractivity contribution in [3.8, 4) is 10.6 Å². The van der Waals surface area contributed by atoms with Crippen LogP contribution in [0.1, 0.15) is 11.3 Å². The van der Waals surface area contributed by atoms with Gasteiger partial charge >= 0.3 is 0 Å². The minimum absolute atomic E-state index is 0.123. The average Bonchev–Trinajstić information content (AvgIpc) is 3.09. The first-order chi connectivity index (χ1) is 14.0. The summed E-state index contributed by atoms with van der Waals surface area (Å²) in [5, 5.41) is 4.36. The Balaban J connectivity index is 1.40. The smallest absolute Gasteiger partial charge is 0.234 e. The molecule has 3 N–H and O–H groups in total. The molecule has 0 aliphatic heterocycles. The molecule has 4 rings (SSSR count). The SMILES string of the molecule is Cc1ccc2nc(-c3ccc(NC(=O)CSc4nc(C)cc(N)n4)cc3)sc2c1. The number of anilines is 2. The summed E-state index contributed by atoms with van der Waals surface area (Å²) >= 11 is 2.92. The lowest BCUT2D eigenvalue weighted by molar-refractivity contribution is -0.113. The molecule has 2 aromatic carbocycles. The largest absolute Gasteiger partial charge is 0.384 e. The van der Waals surface area contributed by atoms with Gasteiger partial charge in [0.1, 0.15) is 10.8 Å². The fourth-order valence-electron chi connectivity index (χ4n) is 2.81. The number of thiazole rings is 1. The number of nitrogens with zero attached hydrogens (tertiary/aromatic N) is 3. The van der Waals surface area contributed by atoms with E-state index in [4.69, 9.17) is 10.7 Å². The van der Waals surface area contributed by atoms with Gasteiger partial charge in [0.05, 0.1) is 16.0 Å². The fraction of sp³-hybridized carbons (Fsp3) is 0.143. The lowest BCUT2D eigenvalue weighted by Gasteiger charge is -2.06. The first-order valence-electron chi connectivity index (χ1n) is 8.98. The number of thioether (sulfide) groups is 1. The van der Waals surface area contributed by atoms with Crippen molar-refractivity contribution in [2.24, 2.45) is 0 Å². The molecule has 0 radical (unpaired) electrons. The monoisotopic (exact) mass is 421 g/mol. The third-order valence-corrected chi connectivity index (χ3v) is 6.06. The molecule has 1 amide bonds. The Labute approximate surface area is 176 Å². The highest BCUT2D eigenvalue weighted by molar-refractivity contribution is 7.99. The zero-order chi connectivity index (χ0) is 20.4. The van der Waals surface area contributed by atoms with Gasteiger partial charge in [-0.05, 0) is 55.8 Å². The van der Waals surface area contributed by atoms with E-state index >= 15 is 0 Å². The van der Waals surface area contributed by atoms with Crippen LogP contribution in [0.4, 0.5) is 11.5 Å². The topological polar surface area (TPSA) is 93.8 Å². The number of aryl methyl sites for hydroxylation is 2. The second-order valence-corrected chi connectivity index (χ2v) is 8.59. The highest BCUT2D eigenvalue weighted by Crippen LogP contribution is 2.31. The third kappa shape index (κ3) is 4.72. The number of carbonyl (C=O) groups is 1. The van der Waals surface area contributed by atoms with Crippen molar-refractivity contribution in [1.82, 2.24) is 15.0 Å². The van der Waals surface area contributed by atoms with E-state index in [-0.39, 0.29) is 11.7 Å². The first kappa shape index (κ1) is 19.4. The Bertz CT molecular complexity index is 1170. The second-order valence-electron chi connectivity index (χ2n) is 6.62. The molecule has 0 saturated heterocycles. The lowest BCUT2D eigenvalue weighted by Crippen LogP contribution is -2.14. The van der Waals surface area contributed by atoms with Gasteiger partial charge in [0.25, 0.3) is 0 Å². The number of aromatic nitrogens is 3. The minimum Gasteiger partial charge on any atom is -0.384 e. The number of nitrogens with two attached hydrogens (primary N) is 1. The van der Waals surface area contributed by atoms with Gasteiger partial charge in [0.2, 0.25) is 5.91 Å². The van der Waals surface area contributed by atoms with Crippen LogP contribution >= 0.6 is 23.1 Å². The van der Waals surface area contributed by atoms with Crippen LogP contribution in [0.3, 0.4) is 0 Å². The molecule has 2 heterocycles. The van der Waals surface area contributed by atoms with Crippen LogP contribution in [0.2, 0.25) is 0 Å². The lowest BCUT2D eigenvalue weighted by atomic mass is 10.2. The van der Waals surface area contributed by atoms with Gasteiger partial charge in [0, 0.05) is 23.0 Å². The summed E-state index contributed by atoms with van der Waals surface area (Å²) in [4.78, 5) is 25.3. The van der Waals surface area contributed by atoms with Crippen molar-refractivity contribution >= 4 is 50.7 Å². The number of hydrogen-bond donors (Lipinski definition) is 2. The van der Waals surface area contributed by atoms with E-state index in [1.807, 2.05) is 37.3 Å². The van der Waals surface area contributed by atoms with Gasteiger partial charge in [0.15, 0.2) is 5.16 Å². The van der Waals surface area contributed by atoms with Crippen molar-refractivity contribution in [1.29, 1.82) is 0 Å². The summed E-state index contributed by atoms with van der Waals surface area (Å²) in [5.41, 5.74) is 10.5. The average molecular weight is 422 g/mol. The summed E-state index contributed by atoms with van der Waals surface area (Å²) in [6.45, 7) is 3.92. The molecule has 0 atom stereocenters. The molecular formula is C21H19N5OS2. The molecule has 2 aromatic heterocycles. The zero-order valence-electron chi connectivity index (χ0n) is 16.0. The highest BCUT2D eigenvalue weighted by atomic mass is 32.2. The Kier molecular flexibility index (Phi) is 5.46. The quantitative estimate of drug-likeness (QED) is 0.359. The number of benzene rings is 2. The van der Waals surface area contributed by atoms with Crippen molar-refractivity contribution < 1.29 is 4.79 Å². The number of fused-ring (bicyclic) bond motifs is 1. The van der Waals surface area contributed by atoms with Gasteiger partial charge in [-0.3, -0.25) is 4.79 Å². The zero-order valence-corrected chi connectivity index (χ0v) is 17.6. The molecular weight excluding hydrogens is 402 g/mol. The van der Waals surface area contributed by atoms with Gasteiger partial charge in [-0.2, -0.15) is 0 Å². The number of carbonyl (C=O) groups excluding carboxylic acids is 1. The number of amides is 1. The van der Waals surface area contributed by atoms with Crippen molar-refractivity contribution in [2.45, 2.75) is 19.0 Å². The van der Waals surface area contributed by atoms with E-state index in [1.54, 1.807) is 17.4 Å². The minimum atomic E-state index is -0.123. The molecule has 0 spiro atoms. The van der Waals surface area contributed by atoms with E-state index in [9.17, 15) is 4.79 Å². The molecule has 0 bridgehead atoms. The summed E-state index contributed by atoms with van der Waals surface area (Å²) in [6.07, 6.45) is 0. The summed E-state index contributed by atoms with van der Waals surface area (Å²) in [6, 6.07) is 15.7. The van der Waals surface area contributed by atoms with Crippen LogP contribution in [0.5, 0.6) is 0 Å². The van der Waals surface area contributed by atoms with Crippen LogP contribution in [-0.4, -0.2) is 26.6 Å². The number of hydrogen-bond acceptors (Lipinski definition) is 7. The first-order valence-corrected chi connectivity index (χ1v) is 10.8. The number of rotatable bonds is 5. The van der Waals surface area contributed by atoms with Crippen molar-refractivity contribution in [3.63, 3.8) is 0 Å². The number of nitrogen functional groups attached to an aromatic ring is 1.